The minimum Gasteiger partial charge on any atom is -0.322 e. The number of aromatic nitrogens is 2. The highest BCUT2D eigenvalue weighted by atomic mass is 35.5. The Balaban J connectivity index is 1.72. The molecule has 7 heteroatoms. The Morgan fingerprint density at radius 3 is 3.00 bits per heavy atom. The molecule has 0 aliphatic heterocycles. The molecule has 1 aromatic carbocycles. The summed E-state index contributed by atoms with van der Waals surface area (Å²) in [7, 11) is 0. The molecule has 0 saturated carbocycles. The third kappa shape index (κ3) is 5.13. The fourth-order valence-corrected chi connectivity index (χ4v) is 2.07. The van der Waals surface area contributed by atoms with Crippen LogP contribution in [0.1, 0.15) is 13.3 Å². The van der Waals surface area contributed by atoms with E-state index in [4.69, 9.17) is 11.6 Å². The van der Waals surface area contributed by atoms with Crippen LogP contribution in [-0.4, -0.2) is 28.3 Å². The van der Waals surface area contributed by atoms with Crippen molar-refractivity contribution in [3.8, 4) is 0 Å². The molecule has 2 aromatic rings. The monoisotopic (exact) mass is 324 g/mol. The zero-order valence-electron chi connectivity index (χ0n) is 12.2. The van der Waals surface area contributed by atoms with Crippen molar-refractivity contribution in [3.63, 3.8) is 0 Å². The molecule has 0 aliphatic carbocycles. The van der Waals surface area contributed by atoms with E-state index in [2.05, 4.69) is 15.7 Å². The summed E-state index contributed by atoms with van der Waals surface area (Å²) in [6, 6.07) is 6.14. The van der Waals surface area contributed by atoms with Crippen LogP contribution in [0.25, 0.3) is 0 Å². The minimum absolute atomic E-state index is 0.113. The summed E-state index contributed by atoms with van der Waals surface area (Å²) >= 11 is 5.66. The fourth-order valence-electron chi connectivity index (χ4n) is 1.91. The number of anilines is 1. The molecule has 1 aromatic heterocycles. The molecule has 0 aliphatic rings. The fraction of sp³-hybridized carbons (Fsp3) is 0.333. The Kier molecular flexibility index (Phi) is 5.91. The van der Waals surface area contributed by atoms with Gasteiger partial charge < -0.3 is 10.6 Å². The van der Waals surface area contributed by atoms with Crippen LogP contribution in [0, 0.1) is 5.82 Å². The summed E-state index contributed by atoms with van der Waals surface area (Å²) in [5, 5.41) is 10.0. The number of hydrogen-bond donors (Lipinski definition) is 2. The van der Waals surface area contributed by atoms with E-state index < -0.39 is 5.82 Å². The molecular weight excluding hydrogens is 307 g/mol. The SMILES string of the molecule is C[C@@H](CCn1cccn1)NCC(=O)Nc1ccc(Cl)cc1F. The predicted molar refractivity (Wildman–Crippen MR) is 84.3 cm³/mol. The van der Waals surface area contributed by atoms with Gasteiger partial charge in [0.25, 0.3) is 0 Å². The molecule has 1 amide bonds. The highest BCUT2D eigenvalue weighted by molar-refractivity contribution is 6.30. The van der Waals surface area contributed by atoms with Gasteiger partial charge in [0.2, 0.25) is 5.91 Å². The number of aryl methyl sites for hydroxylation is 1. The lowest BCUT2D eigenvalue weighted by atomic mass is 10.2. The van der Waals surface area contributed by atoms with Gasteiger partial charge in [-0.15, -0.1) is 0 Å². The van der Waals surface area contributed by atoms with Crippen molar-refractivity contribution >= 4 is 23.2 Å². The number of carbonyl (C=O) groups excluding carboxylic acids is 1. The van der Waals surface area contributed by atoms with Crippen molar-refractivity contribution in [1.82, 2.24) is 15.1 Å². The summed E-state index contributed by atoms with van der Waals surface area (Å²) in [5.41, 5.74) is 0.125. The van der Waals surface area contributed by atoms with Gasteiger partial charge in [-0.2, -0.15) is 5.10 Å². The number of nitrogens with one attached hydrogen (secondary N) is 2. The third-order valence-electron chi connectivity index (χ3n) is 3.17. The predicted octanol–water partition coefficient (Wildman–Crippen LogP) is 2.68. The van der Waals surface area contributed by atoms with Gasteiger partial charge in [0.05, 0.1) is 12.2 Å². The van der Waals surface area contributed by atoms with Crippen LogP contribution >= 0.6 is 11.6 Å². The topological polar surface area (TPSA) is 59.0 Å². The highest BCUT2D eigenvalue weighted by Crippen LogP contribution is 2.18. The van der Waals surface area contributed by atoms with Gasteiger partial charge in [-0.1, -0.05) is 11.6 Å². The van der Waals surface area contributed by atoms with Crippen LogP contribution in [0.4, 0.5) is 10.1 Å². The number of halogens is 2. The van der Waals surface area contributed by atoms with Crippen molar-refractivity contribution in [2.45, 2.75) is 25.9 Å². The average Bonchev–Trinajstić information content (AvgIpc) is 2.99. The Morgan fingerprint density at radius 2 is 2.32 bits per heavy atom. The van der Waals surface area contributed by atoms with Gasteiger partial charge >= 0.3 is 0 Å². The third-order valence-corrected chi connectivity index (χ3v) is 3.40. The zero-order chi connectivity index (χ0) is 15.9. The van der Waals surface area contributed by atoms with Crippen molar-refractivity contribution in [3.05, 3.63) is 47.5 Å². The average molecular weight is 325 g/mol. The number of rotatable bonds is 7. The van der Waals surface area contributed by atoms with E-state index in [0.29, 0.717) is 5.02 Å². The lowest BCUT2D eigenvalue weighted by molar-refractivity contribution is -0.115. The van der Waals surface area contributed by atoms with Crippen LogP contribution < -0.4 is 10.6 Å². The Labute approximate surface area is 133 Å². The van der Waals surface area contributed by atoms with E-state index >= 15 is 0 Å². The number of nitrogens with zero attached hydrogens (tertiary/aromatic N) is 2. The van der Waals surface area contributed by atoms with Gasteiger partial charge in [0, 0.05) is 30.0 Å². The summed E-state index contributed by atoms with van der Waals surface area (Å²) in [5.74, 6) is -0.847. The Hall–Kier alpha value is -1.92. The lowest BCUT2D eigenvalue weighted by Crippen LogP contribution is -2.35. The Morgan fingerprint density at radius 1 is 1.50 bits per heavy atom. The lowest BCUT2D eigenvalue weighted by Gasteiger charge is -2.14. The van der Waals surface area contributed by atoms with Crippen molar-refractivity contribution in [2.24, 2.45) is 0 Å². The van der Waals surface area contributed by atoms with E-state index in [1.54, 1.807) is 6.20 Å². The molecule has 2 rings (SSSR count). The maximum Gasteiger partial charge on any atom is 0.238 e. The van der Waals surface area contributed by atoms with E-state index in [0.717, 1.165) is 19.0 Å². The molecule has 0 saturated heterocycles. The second-order valence-electron chi connectivity index (χ2n) is 5.01. The molecule has 0 spiro atoms. The van der Waals surface area contributed by atoms with Gasteiger partial charge in [-0.3, -0.25) is 9.48 Å². The van der Waals surface area contributed by atoms with E-state index in [1.165, 1.54) is 12.1 Å². The molecule has 0 unspecified atom stereocenters. The van der Waals surface area contributed by atoms with Gasteiger partial charge in [-0.05, 0) is 37.6 Å². The summed E-state index contributed by atoms with van der Waals surface area (Å²) < 4.78 is 15.4. The zero-order valence-corrected chi connectivity index (χ0v) is 13.0. The molecular formula is C15H18ClFN4O. The summed E-state index contributed by atoms with van der Waals surface area (Å²) in [4.78, 5) is 11.8. The first kappa shape index (κ1) is 16.5. The number of carbonyl (C=O) groups is 1. The smallest absolute Gasteiger partial charge is 0.238 e. The second-order valence-corrected chi connectivity index (χ2v) is 5.45. The number of benzene rings is 1. The molecule has 5 nitrogen and oxygen atoms in total. The van der Waals surface area contributed by atoms with Gasteiger partial charge in [-0.25, -0.2) is 4.39 Å². The highest BCUT2D eigenvalue weighted by Gasteiger charge is 2.09. The van der Waals surface area contributed by atoms with Gasteiger partial charge in [0.15, 0.2) is 0 Å². The van der Waals surface area contributed by atoms with E-state index in [1.807, 2.05) is 23.9 Å². The largest absolute Gasteiger partial charge is 0.322 e. The standard InChI is InChI=1S/C15H18ClFN4O/c1-11(5-8-21-7-2-6-19-21)18-10-15(22)20-14-4-3-12(16)9-13(14)17/h2-4,6-7,9,11,18H,5,8,10H2,1H3,(H,20,22)/t11-/m0/s1. The van der Waals surface area contributed by atoms with Crippen molar-refractivity contribution in [2.75, 3.05) is 11.9 Å². The maximum atomic E-state index is 13.6. The minimum atomic E-state index is -0.549. The van der Waals surface area contributed by atoms with E-state index in [9.17, 15) is 9.18 Å². The van der Waals surface area contributed by atoms with Crippen LogP contribution in [0.15, 0.2) is 36.7 Å². The summed E-state index contributed by atoms with van der Waals surface area (Å²) in [6.45, 7) is 2.87. The normalized spacial score (nSPS) is 12.1. The maximum absolute atomic E-state index is 13.6. The second kappa shape index (κ2) is 7.91. The molecule has 0 radical (unpaired) electrons. The first-order valence-corrected chi connectivity index (χ1v) is 7.38. The van der Waals surface area contributed by atoms with Crippen LogP contribution in [0.5, 0.6) is 0 Å². The molecule has 22 heavy (non-hydrogen) atoms. The first-order chi connectivity index (χ1) is 10.5. The van der Waals surface area contributed by atoms with Crippen LogP contribution in [0.2, 0.25) is 5.02 Å². The molecule has 1 atom stereocenters. The van der Waals surface area contributed by atoms with Crippen LogP contribution in [-0.2, 0) is 11.3 Å². The first-order valence-electron chi connectivity index (χ1n) is 7.00. The molecule has 1 heterocycles. The summed E-state index contributed by atoms with van der Waals surface area (Å²) in [6.07, 6.45) is 4.46. The van der Waals surface area contributed by atoms with Crippen LogP contribution in [0.3, 0.4) is 0 Å². The quantitative estimate of drug-likeness (QED) is 0.823. The van der Waals surface area contributed by atoms with Crippen molar-refractivity contribution < 1.29 is 9.18 Å². The Bertz CT molecular complexity index is 618. The molecule has 2 N–H and O–H groups in total. The number of amides is 1. The molecule has 0 bridgehead atoms. The molecule has 118 valence electrons. The van der Waals surface area contributed by atoms with Crippen molar-refractivity contribution in [1.29, 1.82) is 0 Å². The van der Waals surface area contributed by atoms with E-state index in [-0.39, 0.29) is 24.2 Å². The van der Waals surface area contributed by atoms with Gasteiger partial charge in [0.1, 0.15) is 5.82 Å². The number of hydrogen-bond acceptors (Lipinski definition) is 3. The molecule has 0 fully saturated rings.